The van der Waals surface area contributed by atoms with Crippen LogP contribution in [0.5, 0.6) is 0 Å². The van der Waals surface area contributed by atoms with Gasteiger partial charge in [-0.2, -0.15) is 5.10 Å². The molecule has 7 heteroatoms. The Bertz CT molecular complexity index is 874. The number of rotatable bonds is 5. The van der Waals surface area contributed by atoms with Crippen LogP contribution in [-0.4, -0.2) is 31.3 Å². The van der Waals surface area contributed by atoms with E-state index >= 15 is 0 Å². The van der Waals surface area contributed by atoms with Crippen LogP contribution in [0.3, 0.4) is 0 Å². The highest BCUT2D eigenvalue weighted by atomic mass is 32.2. The molecule has 0 saturated carbocycles. The van der Waals surface area contributed by atoms with Gasteiger partial charge < -0.3 is 4.74 Å². The van der Waals surface area contributed by atoms with Gasteiger partial charge in [0, 0.05) is 24.2 Å². The molecule has 0 unspecified atom stereocenters. The second-order valence-corrected chi connectivity index (χ2v) is 8.44. The maximum absolute atomic E-state index is 12.6. The number of nitrogens with one attached hydrogen (secondary N) is 1. The van der Waals surface area contributed by atoms with E-state index < -0.39 is 10.0 Å². The second kappa shape index (κ2) is 6.90. The number of benzene rings is 1. The molecule has 0 atom stereocenters. The number of fused-ring (bicyclic) bond motifs is 2. The molecular formula is C18H23N3O3S. The van der Waals surface area contributed by atoms with E-state index in [-0.39, 0.29) is 0 Å². The van der Waals surface area contributed by atoms with E-state index in [1.165, 1.54) is 17.5 Å². The molecule has 0 bridgehead atoms. The molecule has 1 N–H and O–H groups in total. The average molecular weight is 361 g/mol. The van der Waals surface area contributed by atoms with Crippen molar-refractivity contribution in [2.45, 2.75) is 50.2 Å². The molecule has 2 aliphatic rings. The Morgan fingerprint density at radius 3 is 2.84 bits per heavy atom. The quantitative estimate of drug-likeness (QED) is 0.882. The van der Waals surface area contributed by atoms with E-state index in [1.807, 2.05) is 23.0 Å². The summed E-state index contributed by atoms with van der Waals surface area (Å²) in [5.74, 6) is 0. The van der Waals surface area contributed by atoms with Crippen molar-refractivity contribution in [3.63, 3.8) is 0 Å². The van der Waals surface area contributed by atoms with Crippen molar-refractivity contribution in [2.75, 3.05) is 13.2 Å². The summed E-state index contributed by atoms with van der Waals surface area (Å²) >= 11 is 0. The Hall–Kier alpha value is -1.70. The molecule has 25 heavy (non-hydrogen) atoms. The molecule has 1 aromatic heterocycles. The number of aromatic nitrogens is 2. The Morgan fingerprint density at radius 2 is 1.96 bits per heavy atom. The van der Waals surface area contributed by atoms with Gasteiger partial charge in [0.1, 0.15) is 0 Å². The number of hydrogen-bond acceptors (Lipinski definition) is 4. The van der Waals surface area contributed by atoms with Gasteiger partial charge in [-0.05, 0) is 48.9 Å². The fraction of sp³-hybridized carbons (Fsp3) is 0.500. The van der Waals surface area contributed by atoms with Gasteiger partial charge in [0.2, 0.25) is 10.0 Å². The summed E-state index contributed by atoms with van der Waals surface area (Å²) in [7, 11) is -3.48. The molecule has 1 aliphatic carbocycles. The lowest BCUT2D eigenvalue weighted by atomic mass is 9.92. The molecule has 0 radical (unpaired) electrons. The first-order chi connectivity index (χ1) is 12.1. The first-order valence-corrected chi connectivity index (χ1v) is 10.3. The zero-order chi connectivity index (χ0) is 17.3. The summed E-state index contributed by atoms with van der Waals surface area (Å²) in [5, 5.41) is 4.35. The van der Waals surface area contributed by atoms with Crippen molar-refractivity contribution >= 4 is 10.0 Å². The third-order valence-corrected chi connectivity index (χ3v) is 6.48. The van der Waals surface area contributed by atoms with Gasteiger partial charge in [0.25, 0.3) is 0 Å². The van der Waals surface area contributed by atoms with Gasteiger partial charge in [-0.15, -0.1) is 0 Å². The molecule has 6 nitrogen and oxygen atoms in total. The minimum Gasteiger partial charge on any atom is -0.376 e. The maximum Gasteiger partial charge on any atom is 0.240 e. The van der Waals surface area contributed by atoms with Crippen LogP contribution < -0.4 is 4.72 Å². The van der Waals surface area contributed by atoms with Crippen molar-refractivity contribution in [2.24, 2.45) is 0 Å². The lowest BCUT2D eigenvalue weighted by Gasteiger charge is -2.17. The van der Waals surface area contributed by atoms with Gasteiger partial charge >= 0.3 is 0 Å². The summed E-state index contributed by atoms with van der Waals surface area (Å²) in [4.78, 5) is 0.365. The summed E-state index contributed by atoms with van der Waals surface area (Å²) in [6.07, 6.45) is 6.99. The summed E-state index contributed by atoms with van der Waals surface area (Å²) in [5.41, 5.74) is 4.72. The molecule has 2 heterocycles. The molecule has 0 saturated heterocycles. The fourth-order valence-electron chi connectivity index (χ4n) is 3.65. The van der Waals surface area contributed by atoms with Crippen LogP contribution in [0.1, 0.15) is 35.2 Å². The monoisotopic (exact) mass is 361 g/mol. The van der Waals surface area contributed by atoms with E-state index in [9.17, 15) is 8.42 Å². The molecule has 0 spiro atoms. The zero-order valence-electron chi connectivity index (χ0n) is 14.2. The number of aryl methyl sites for hydroxylation is 2. The lowest BCUT2D eigenvalue weighted by Crippen LogP contribution is -2.28. The largest absolute Gasteiger partial charge is 0.376 e. The predicted molar refractivity (Wildman–Crippen MR) is 93.9 cm³/mol. The van der Waals surface area contributed by atoms with Crippen molar-refractivity contribution in [3.8, 4) is 0 Å². The summed E-state index contributed by atoms with van der Waals surface area (Å²) in [6, 6.07) is 5.52. The standard InChI is InChI=1S/C18H23N3O3S/c22-25(23,17-6-5-14-3-1-2-4-15(14)11-17)20-8-9-21-18-7-10-24-13-16(18)12-19-21/h5-6,11-12,20H,1-4,7-10,13H2. The minimum absolute atomic E-state index is 0.328. The van der Waals surface area contributed by atoms with E-state index in [0.717, 1.165) is 36.9 Å². The molecule has 4 rings (SSSR count). The molecular weight excluding hydrogens is 338 g/mol. The molecule has 1 aromatic carbocycles. The van der Waals surface area contributed by atoms with Crippen molar-refractivity contribution in [3.05, 3.63) is 46.8 Å². The minimum atomic E-state index is -3.48. The van der Waals surface area contributed by atoms with Crippen LogP contribution in [0, 0.1) is 0 Å². The smallest absolute Gasteiger partial charge is 0.240 e. The van der Waals surface area contributed by atoms with Crippen molar-refractivity contribution < 1.29 is 13.2 Å². The predicted octanol–water partition coefficient (Wildman–Crippen LogP) is 1.81. The highest BCUT2D eigenvalue weighted by Gasteiger charge is 2.19. The normalized spacial score (nSPS) is 17.1. The van der Waals surface area contributed by atoms with Crippen LogP contribution in [0.4, 0.5) is 0 Å². The zero-order valence-corrected chi connectivity index (χ0v) is 15.0. The summed E-state index contributed by atoms with van der Waals surface area (Å²) < 4.78 is 35.1. The third kappa shape index (κ3) is 3.49. The highest BCUT2D eigenvalue weighted by molar-refractivity contribution is 7.89. The third-order valence-electron chi connectivity index (χ3n) is 5.02. The van der Waals surface area contributed by atoms with E-state index in [0.29, 0.717) is 31.2 Å². The van der Waals surface area contributed by atoms with Crippen LogP contribution in [0.2, 0.25) is 0 Å². The Balaban J connectivity index is 1.42. The first kappa shape index (κ1) is 16.8. The van der Waals surface area contributed by atoms with Gasteiger partial charge in [-0.25, -0.2) is 13.1 Å². The number of sulfonamides is 1. The topological polar surface area (TPSA) is 73.2 Å². The molecule has 134 valence electrons. The lowest BCUT2D eigenvalue weighted by molar-refractivity contribution is 0.109. The maximum atomic E-state index is 12.6. The van der Waals surface area contributed by atoms with E-state index in [2.05, 4.69) is 9.82 Å². The SMILES string of the molecule is O=S(=O)(NCCn1ncc2c1CCOC2)c1ccc2c(c1)CCCC2. The van der Waals surface area contributed by atoms with Crippen LogP contribution >= 0.6 is 0 Å². The first-order valence-electron chi connectivity index (χ1n) is 8.86. The van der Waals surface area contributed by atoms with Gasteiger partial charge in [-0.3, -0.25) is 4.68 Å². The number of nitrogens with zero attached hydrogens (tertiary/aromatic N) is 2. The Labute approximate surface area is 148 Å². The summed E-state index contributed by atoms with van der Waals surface area (Å²) in [6.45, 7) is 2.14. The number of ether oxygens (including phenoxy) is 1. The molecule has 0 fully saturated rings. The van der Waals surface area contributed by atoms with Crippen molar-refractivity contribution in [1.29, 1.82) is 0 Å². The Morgan fingerprint density at radius 1 is 1.12 bits per heavy atom. The van der Waals surface area contributed by atoms with Crippen molar-refractivity contribution in [1.82, 2.24) is 14.5 Å². The Kier molecular flexibility index (Phi) is 4.62. The number of hydrogen-bond donors (Lipinski definition) is 1. The van der Waals surface area contributed by atoms with Gasteiger partial charge in [0.15, 0.2) is 0 Å². The second-order valence-electron chi connectivity index (χ2n) is 6.68. The van der Waals surface area contributed by atoms with E-state index in [4.69, 9.17) is 4.74 Å². The van der Waals surface area contributed by atoms with Gasteiger partial charge in [0.05, 0.1) is 30.9 Å². The fourth-order valence-corrected chi connectivity index (χ4v) is 4.72. The molecule has 1 aliphatic heterocycles. The van der Waals surface area contributed by atoms with Gasteiger partial charge in [-0.1, -0.05) is 6.07 Å². The molecule has 0 amide bonds. The van der Waals surface area contributed by atoms with Crippen LogP contribution in [0.15, 0.2) is 29.3 Å². The van der Waals surface area contributed by atoms with Crippen LogP contribution in [0.25, 0.3) is 0 Å². The van der Waals surface area contributed by atoms with E-state index in [1.54, 1.807) is 6.07 Å². The van der Waals surface area contributed by atoms with Crippen LogP contribution in [-0.2, 0) is 47.2 Å². The highest BCUT2D eigenvalue weighted by Crippen LogP contribution is 2.24. The molecule has 2 aromatic rings. The average Bonchev–Trinajstić information content (AvgIpc) is 3.04.